The van der Waals surface area contributed by atoms with Crippen molar-refractivity contribution in [3.05, 3.63) is 48.5 Å². The van der Waals surface area contributed by atoms with Crippen molar-refractivity contribution in [2.24, 2.45) is 0 Å². The van der Waals surface area contributed by atoms with Crippen molar-refractivity contribution in [1.29, 1.82) is 0 Å². The van der Waals surface area contributed by atoms with Crippen LogP contribution in [0.2, 0.25) is 0 Å². The summed E-state index contributed by atoms with van der Waals surface area (Å²) in [6, 6.07) is 16.3. The summed E-state index contributed by atoms with van der Waals surface area (Å²) in [5.74, 6) is 2.61. The quantitative estimate of drug-likeness (QED) is 0.342. The van der Waals surface area contributed by atoms with E-state index in [1.807, 2.05) is 24.3 Å². The normalized spacial score (nSPS) is 14.4. The summed E-state index contributed by atoms with van der Waals surface area (Å²) in [5.41, 5.74) is 2.86. The van der Waals surface area contributed by atoms with Gasteiger partial charge in [-0.15, -0.1) is 0 Å². The van der Waals surface area contributed by atoms with Gasteiger partial charge in [0.15, 0.2) is 0 Å². The summed E-state index contributed by atoms with van der Waals surface area (Å²) in [6.45, 7) is 9.62. The molecule has 1 aliphatic rings. The Kier molecular flexibility index (Phi) is 8.42. The summed E-state index contributed by atoms with van der Waals surface area (Å²) in [6.07, 6.45) is 5.90. The molecule has 4 rings (SSSR count). The Labute approximate surface area is 197 Å². The van der Waals surface area contributed by atoms with Crippen molar-refractivity contribution >= 4 is 10.9 Å². The van der Waals surface area contributed by atoms with Crippen LogP contribution < -0.4 is 14.2 Å². The van der Waals surface area contributed by atoms with Crippen molar-refractivity contribution in [3.8, 4) is 28.5 Å². The third kappa shape index (κ3) is 6.38. The highest BCUT2D eigenvalue weighted by atomic mass is 16.5. The van der Waals surface area contributed by atoms with E-state index in [0.29, 0.717) is 13.2 Å². The van der Waals surface area contributed by atoms with E-state index in [9.17, 15) is 0 Å². The molecule has 0 unspecified atom stereocenters. The van der Waals surface area contributed by atoms with E-state index in [1.165, 1.54) is 32.4 Å². The molecule has 33 heavy (non-hydrogen) atoms. The fourth-order valence-corrected chi connectivity index (χ4v) is 4.16. The van der Waals surface area contributed by atoms with Crippen LogP contribution in [-0.2, 0) is 0 Å². The zero-order valence-electron chi connectivity index (χ0n) is 20.0. The minimum Gasteiger partial charge on any atom is -0.494 e. The number of fused-ring (bicyclic) bond motifs is 1. The van der Waals surface area contributed by atoms with Gasteiger partial charge < -0.3 is 14.2 Å². The number of pyridine rings is 1. The first-order valence-electron chi connectivity index (χ1n) is 12.4. The molecule has 176 valence electrons. The molecule has 1 saturated heterocycles. The standard InChI is InChI=1S/C28H36N2O3/c1-3-17-31-23-10-8-22(9-11-23)27-21-28(33-19-16-30-14-6-5-7-15-30)25-20-24(32-18-4-2)12-13-26(25)29-27/h8-13,20-21H,3-7,14-19H2,1-2H3. The molecule has 0 aliphatic carbocycles. The number of ether oxygens (including phenoxy) is 3. The molecule has 5 nitrogen and oxygen atoms in total. The first kappa shape index (κ1) is 23.4. The highest BCUT2D eigenvalue weighted by Crippen LogP contribution is 2.33. The summed E-state index contributed by atoms with van der Waals surface area (Å²) < 4.78 is 18.0. The lowest BCUT2D eigenvalue weighted by molar-refractivity contribution is 0.184. The monoisotopic (exact) mass is 448 g/mol. The highest BCUT2D eigenvalue weighted by molar-refractivity contribution is 5.89. The zero-order chi connectivity index (χ0) is 22.9. The number of aromatic nitrogens is 1. The van der Waals surface area contributed by atoms with Crippen molar-refractivity contribution in [2.45, 2.75) is 46.0 Å². The summed E-state index contributed by atoms with van der Waals surface area (Å²) >= 11 is 0. The summed E-state index contributed by atoms with van der Waals surface area (Å²) in [4.78, 5) is 7.43. The van der Waals surface area contributed by atoms with Crippen LogP contribution >= 0.6 is 0 Å². The van der Waals surface area contributed by atoms with E-state index in [4.69, 9.17) is 19.2 Å². The molecule has 2 heterocycles. The highest BCUT2D eigenvalue weighted by Gasteiger charge is 2.13. The first-order chi connectivity index (χ1) is 16.3. The molecule has 3 aromatic rings. The minimum atomic E-state index is 0.669. The number of piperidine rings is 1. The molecule has 0 saturated carbocycles. The lowest BCUT2D eigenvalue weighted by atomic mass is 10.1. The van der Waals surface area contributed by atoms with Gasteiger partial charge in [-0.05, 0) is 81.2 Å². The SMILES string of the molecule is CCCOc1ccc(-c2cc(OCCN3CCCCC3)c3cc(OCCC)ccc3n2)cc1. The second-order valence-electron chi connectivity index (χ2n) is 8.66. The minimum absolute atomic E-state index is 0.669. The summed E-state index contributed by atoms with van der Waals surface area (Å²) in [7, 11) is 0. The second-order valence-corrected chi connectivity index (χ2v) is 8.66. The fraction of sp³-hybridized carbons (Fsp3) is 0.464. The average Bonchev–Trinajstić information content (AvgIpc) is 2.87. The third-order valence-corrected chi connectivity index (χ3v) is 5.95. The second kappa shape index (κ2) is 11.9. The van der Waals surface area contributed by atoms with E-state index < -0.39 is 0 Å². The molecular weight excluding hydrogens is 412 g/mol. The lowest BCUT2D eigenvalue weighted by Gasteiger charge is -2.26. The number of hydrogen-bond donors (Lipinski definition) is 0. The van der Waals surface area contributed by atoms with Gasteiger partial charge in [-0.2, -0.15) is 0 Å². The van der Waals surface area contributed by atoms with E-state index >= 15 is 0 Å². The topological polar surface area (TPSA) is 43.8 Å². The number of nitrogens with zero attached hydrogens (tertiary/aromatic N) is 2. The van der Waals surface area contributed by atoms with Crippen molar-refractivity contribution in [2.75, 3.05) is 39.5 Å². The van der Waals surface area contributed by atoms with Gasteiger partial charge in [0.1, 0.15) is 23.9 Å². The van der Waals surface area contributed by atoms with E-state index in [-0.39, 0.29) is 0 Å². The molecule has 2 aromatic carbocycles. The molecule has 0 radical (unpaired) electrons. The first-order valence-corrected chi connectivity index (χ1v) is 12.4. The zero-order valence-corrected chi connectivity index (χ0v) is 20.0. The Balaban J connectivity index is 1.59. The van der Waals surface area contributed by atoms with Crippen molar-refractivity contribution in [3.63, 3.8) is 0 Å². The van der Waals surface area contributed by atoms with Crippen molar-refractivity contribution < 1.29 is 14.2 Å². The predicted molar refractivity (Wildman–Crippen MR) is 135 cm³/mol. The van der Waals surface area contributed by atoms with Crippen LogP contribution in [0.15, 0.2) is 48.5 Å². The number of likely N-dealkylation sites (tertiary alicyclic amines) is 1. The van der Waals surface area contributed by atoms with E-state index in [1.54, 1.807) is 0 Å². The molecule has 0 bridgehead atoms. The molecule has 0 atom stereocenters. The Morgan fingerprint density at radius 3 is 2.18 bits per heavy atom. The molecule has 1 fully saturated rings. The van der Waals surface area contributed by atoms with Gasteiger partial charge in [0.25, 0.3) is 0 Å². The maximum absolute atomic E-state index is 6.36. The molecule has 1 aromatic heterocycles. The molecule has 5 heteroatoms. The maximum atomic E-state index is 6.36. The Bertz CT molecular complexity index is 1010. The number of rotatable bonds is 11. The number of benzene rings is 2. The molecular formula is C28H36N2O3. The Morgan fingerprint density at radius 2 is 1.45 bits per heavy atom. The molecule has 0 N–H and O–H groups in total. The van der Waals surface area contributed by atoms with E-state index in [0.717, 1.165) is 65.4 Å². The Hall–Kier alpha value is -2.79. The van der Waals surface area contributed by atoms with Crippen LogP contribution in [0.3, 0.4) is 0 Å². The van der Waals surface area contributed by atoms with Gasteiger partial charge in [0.2, 0.25) is 0 Å². The third-order valence-electron chi connectivity index (χ3n) is 5.95. The fourth-order valence-electron chi connectivity index (χ4n) is 4.16. The van der Waals surface area contributed by atoms with Gasteiger partial charge in [-0.3, -0.25) is 4.90 Å². The molecule has 1 aliphatic heterocycles. The lowest BCUT2D eigenvalue weighted by Crippen LogP contribution is -2.33. The van der Waals surface area contributed by atoms with Crippen LogP contribution in [0.4, 0.5) is 0 Å². The van der Waals surface area contributed by atoms with Crippen LogP contribution in [-0.4, -0.2) is 49.3 Å². The van der Waals surface area contributed by atoms with Gasteiger partial charge in [0, 0.05) is 23.6 Å². The van der Waals surface area contributed by atoms with Crippen LogP contribution in [0, 0.1) is 0 Å². The van der Waals surface area contributed by atoms with Crippen LogP contribution in [0.1, 0.15) is 46.0 Å². The van der Waals surface area contributed by atoms with Gasteiger partial charge in [0.05, 0.1) is 24.4 Å². The smallest absolute Gasteiger partial charge is 0.131 e. The van der Waals surface area contributed by atoms with E-state index in [2.05, 4.69) is 43.0 Å². The Morgan fingerprint density at radius 1 is 0.758 bits per heavy atom. The van der Waals surface area contributed by atoms with Crippen molar-refractivity contribution in [1.82, 2.24) is 9.88 Å². The largest absolute Gasteiger partial charge is 0.494 e. The molecule has 0 amide bonds. The molecule has 0 spiro atoms. The van der Waals surface area contributed by atoms with Crippen LogP contribution in [0.25, 0.3) is 22.2 Å². The average molecular weight is 449 g/mol. The predicted octanol–water partition coefficient (Wildman–Crippen LogP) is 6.34. The van der Waals surface area contributed by atoms with Gasteiger partial charge >= 0.3 is 0 Å². The summed E-state index contributed by atoms with van der Waals surface area (Å²) in [5, 5.41) is 0.994. The van der Waals surface area contributed by atoms with Crippen LogP contribution in [0.5, 0.6) is 17.2 Å². The van der Waals surface area contributed by atoms with Gasteiger partial charge in [-0.25, -0.2) is 4.98 Å². The maximum Gasteiger partial charge on any atom is 0.131 e. The number of hydrogen-bond acceptors (Lipinski definition) is 5. The van der Waals surface area contributed by atoms with Gasteiger partial charge in [-0.1, -0.05) is 20.3 Å².